The highest BCUT2D eigenvalue weighted by molar-refractivity contribution is 6.61. The molecule has 1 aliphatic heterocycles. The van der Waals surface area contributed by atoms with Crippen LogP contribution in [0.5, 0.6) is 5.75 Å². The van der Waals surface area contributed by atoms with E-state index in [9.17, 15) is 24.5 Å². The third-order valence-corrected chi connectivity index (χ3v) is 11.2. The predicted octanol–water partition coefficient (Wildman–Crippen LogP) is 2.38. The second-order valence-corrected chi connectivity index (χ2v) is 13.3. The Balaban J connectivity index is 1.48. The number of amides is 1. The molecule has 3 aliphatic carbocycles. The number of rotatable bonds is 7. The third kappa shape index (κ3) is 5.20. The Labute approximate surface area is 251 Å². The van der Waals surface area contributed by atoms with Crippen LogP contribution in [0.1, 0.15) is 65.4 Å². The predicted molar refractivity (Wildman–Crippen MR) is 153 cm³/mol. The van der Waals surface area contributed by atoms with Crippen LogP contribution in [0, 0.1) is 39.8 Å². The molecule has 1 heterocycles. The molecule has 1 aromatic carbocycles. The average Bonchev–Trinajstić information content (AvgIpc) is 3.53. The maximum absolute atomic E-state index is 15.1. The maximum atomic E-state index is 15.1. The van der Waals surface area contributed by atoms with Crippen LogP contribution in [0.4, 0.5) is 4.39 Å². The van der Waals surface area contributed by atoms with Crippen molar-refractivity contribution in [1.29, 1.82) is 0 Å². The van der Waals surface area contributed by atoms with Crippen LogP contribution in [0.25, 0.3) is 0 Å². The van der Waals surface area contributed by atoms with Crippen molar-refractivity contribution in [3.05, 3.63) is 35.7 Å². The summed E-state index contributed by atoms with van der Waals surface area (Å²) < 4.78 is 31.8. The summed E-state index contributed by atoms with van der Waals surface area (Å²) in [5, 5.41) is 21.9. The van der Waals surface area contributed by atoms with Crippen LogP contribution in [0.3, 0.4) is 0 Å². The summed E-state index contributed by atoms with van der Waals surface area (Å²) in [6.45, 7) is 7.35. The number of aliphatic hydroxyl groups excluding tert-OH is 1. The highest BCUT2D eigenvalue weighted by Gasteiger charge is 2.68. The molecule has 10 nitrogen and oxygen atoms in total. The molecule has 0 unspecified atom stereocenters. The van der Waals surface area contributed by atoms with E-state index in [0.717, 1.165) is 12.8 Å². The highest BCUT2D eigenvalue weighted by Crippen LogP contribution is 2.68. The second kappa shape index (κ2) is 11.6. The van der Waals surface area contributed by atoms with Crippen molar-refractivity contribution in [2.45, 2.75) is 78.6 Å². The smallest absolute Gasteiger partial charge is 0.479 e. The number of esters is 1. The van der Waals surface area contributed by atoms with Gasteiger partial charge in [-0.25, -0.2) is 14.7 Å². The zero-order chi connectivity index (χ0) is 31.3. The van der Waals surface area contributed by atoms with Crippen molar-refractivity contribution in [3.8, 4) is 5.75 Å². The number of aliphatic hydroxyl groups is 1. The number of hydrogen-bond acceptors (Lipinski definition) is 9. The van der Waals surface area contributed by atoms with Gasteiger partial charge in [0.25, 0.3) is 5.91 Å². The first-order valence-corrected chi connectivity index (χ1v) is 14.9. The SMILES string of the molecule is CONC(=O)/C=C/[C@]1(C)C[C@@H](OC(=O)COc2ccc3c(c2F)B(O)OC3)[C@]2(C)[C@H](C)CC[C@]3(CCC(=O)[C@H]32)[C@@H](C)[C@@H]1O. The molecule has 234 valence electrons. The largest absolute Gasteiger partial charge is 0.494 e. The Morgan fingerprint density at radius 2 is 2.00 bits per heavy atom. The van der Waals surface area contributed by atoms with Crippen molar-refractivity contribution in [2.24, 2.45) is 34.0 Å². The van der Waals surface area contributed by atoms with Gasteiger partial charge in [-0.15, -0.1) is 0 Å². The van der Waals surface area contributed by atoms with E-state index in [1.807, 2.05) is 20.8 Å². The van der Waals surface area contributed by atoms with E-state index in [1.54, 1.807) is 12.1 Å². The lowest BCUT2D eigenvalue weighted by molar-refractivity contribution is -0.207. The van der Waals surface area contributed by atoms with E-state index in [2.05, 4.69) is 12.4 Å². The van der Waals surface area contributed by atoms with Crippen molar-refractivity contribution >= 4 is 30.2 Å². The minimum atomic E-state index is -1.41. The molecule has 3 fully saturated rings. The summed E-state index contributed by atoms with van der Waals surface area (Å²) in [6, 6.07) is 2.94. The minimum Gasteiger partial charge on any atom is -0.479 e. The van der Waals surface area contributed by atoms with Crippen molar-refractivity contribution in [2.75, 3.05) is 13.7 Å². The number of Topliss-reactive ketones (excluding diaryl/α,β-unsaturated/α-hetero) is 1. The van der Waals surface area contributed by atoms with Crippen LogP contribution >= 0.6 is 0 Å². The van der Waals surface area contributed by atoms with Gasteiger partial charge in [0.1, 0.15) is 11.9 Å². The Kier molecular flexibility index (Phi) is 8.54. The summed E-state index contributed by atoms with van der Waals surface area (Å²) >= 11 is 0. The first kappa shape index (κ1) is 31.6. The monoisotopic (exact) mass is 601 g/mol. The van der Waals surface area contributed by atoms with Gasteiger partial charge in [0.15, 0.2) is 18.2 Å². The Bertz CT molecular complexity index is 1320. The molecule has 12 heteroatoms. The molecule has 8 atom stereocenters. The summed E-state index contributed by atoms with van der Waals surface area (Å²) in [4.78, 5) is 44.0. The molecule has 0 radical (unpaired) electrons. The van der Waals surface area contributed by atoms with Crippen LogP contribution in [-0.4, -0.2) is 60.8 Å². The quantitative estimate of drug-likeness (QED) is 0.186. The molecule has 2 bridgehead atoms. The highest BCUT2D eigenvalue weighted by atomic mass is 19.1. The van der Waals surface area contributed by atoms with Crippen LogP contribution < -0.4 is 15.7 Å². The van der Waals surface area contributed by atoms with Crippen molar-refractivity contribution in [3.63, 3.8) is 0 Å². The molecule has 1 aromatic rings. The standard InChI is InChI=1S/C31H41BFNO9/c1-17-8-12-31-13-9-20(35)27(31)30(17,4)22(14-29(3,28(38)18(31)2)11-10-23(36)34-40-5)43-24(37)16-41-21-7-6-19-15-42-32(39)25(19)26(21)33/h6-7,10-11,17-18,22,27-28,38-39H,8-9,12-16H2,1-5H3,(H,34,36)/b11-10+/t17-,18+,22-,27+,28+,29-,30+,31+/m1/s1. The Hall–Kier alpha value is -2.80. The van der Waals surface area contributed by atoms with Crippen LogP contribution in [0.2, 0.25) is 0 Å². The van der Waals surface area contributed by atoms with E-state index in [4.69, 9.17) is 19.0 Å². The van der Waals surface area contributed by atoms with Gasteiger partial charge in [0, 0.05) is 34.7 Å². The molecule has 1 amide bonds. The zero-order valence-corrected chi connectivity index (χ0v) is 25.4. The van der Waals surface area contributed by atoms with E-state index < -0.39 is 65.8 Å². The lowest BCUT2D eigenvalue weighted by atomic mass is 9.44. The average molecular weight is 601 g/mol. The first-order valence-electron chi connectivity index (χ1n) is 14.9. The molecule has 0 spiro atoms. The fourth-order valence-corrected chi connectivity index (χ4v) is 8.56. The van der Waals surface area contributed by atoms with Crippen molar-refractivity contribution in [1.82, 2.24) is 5.48 Å². The molecular weight excluding hydrogens is 560 g/mol. The molecule has 4 aliphatic rings. The first-order chi connectivity index (χ1) is 20.3. The molecule has 3 saturated carbocycles. The van der Waals surface area contributed by atoms with E-state index in [1.165, 1.54) is 19.3 Å². The molecule has 43 heavy (non-hydrogen) atoms. The molecular formula is C31H41BFNO9. The maximum Gasteiger partial charge on any atom is 0.494 e. The summed E-state index contributed by atoms with van der Waals surface area (Å²) in [6.07, 6.45) is 3.89. The lowest BCUT2D eigenvalue weighted by Gasteiger charge is -2.61. The minimum absolute atomic E-state index is 0.00880. The lowest BCUT2D eigenvalue weighted by Crippen LogP contribution is -2.63. The normalized spacial score (nSPS) is 37.0. The molecule has 0 saturated heterocycles. The summed E-state index contributed by atoms with van der Waals surface area (Å²) in [5.74, 6) is -2.86. The number of carbonyl (C=O) groups is 3. The van der Waals surface area contributed by atoms with E-state index in [0.29, 0.717) is 18.4 Å². The number of carbonyl (C=O) groups excluding carboxylic acids is 3. The second-order valence-electron chi connectivity index (χ2n) is 13.3. The molecule has 0 aromatic heterocycles. The van der Waals surface area contributed by atoms with Crippen LogP contribution in [0.15, 0.2) is 24.3 Å². The number of nitrogens with one attached hydrogen (secondary N) is 1. The Morgan fingerprint density at radius 1 is 1.26 bits per heavy atom. The summed E-state index contributed by atoms with van der Waals surface area (Å²) in [7, 11) is -0.0924. The van der Waals surface area contributed by atoms with Crippen molar-refractivity contribution < 1.29 is 47.9 Å². The topological polar surface area (TPSA) is 141 Å². The zero-order valence-electron chi connectivity index (χ0n) is 25.4. The van der Waals surface area contributed by atoms with Gasteiger partial charge in [-0.1, -0.05) is 39.8 Å². The third-order valence-electron chi connectivity index (χ3n) is 11.2. The molecule has 3 N–H and O–H groups in total. The van der Waals surface area contributed by atoms with Gasteiger partial charge < -0.3 is 24.3 Å². The van der Waals surface area contributed by atoms with Crippen LogP contribution in [-0.2, 0) is 35.2 Å². The van der Waals surface area contributed by atoms with E-state index in [-0.39, 0.29) is 41.9 Å². The molecule has 5 rings (SSSR count). The van der Waals surface area contributed by atoms with Gasteiger partial charge >= 0.3 is 13.1 Å². The Morgan fingerprint density at radius 3 is 2.72 bits per heavy atom. The number of ketones is 1. The van der Waals surface area contributed by atoms with E-state index >= 15 is 4.39 Å². The number of ether oxygens (including phenoxy) is 2. The number of hydroxylamine groups is 1. The van der Waals surface area contributed by atoms with Gasteiger partial charge in [0.2, 0.25) is 0 Å². The van der Waals surface area contributed by atoms with Gasteiger partial charge in [-0.05, 0) is 54.6 Å². The number of halogens is 1. The van der Waals surface area contributed by atoms with Gasteiger partial charge in [0.05, 0.1) is 19.8 Å². The van der Waals surface area contributed by atoms with Gasteiger partial charge in [-0.2, -0.15) is 0 Å². The fraction of sp³-hybridized carbons (Fsp3) is 0.645. The number of hydrogen-bond donors (Lipinski definition) is 3. The van der Waals surface area contributed by atoms with Gasteiger partial charge in [-0.3, -0.25) is 14.4 Å². The summed E-state index contributed by atoms with van der Waals surface area (Å²) in [5.41, 5.74) is 0.457. The fourth-order valence-electron chi connectivity index (χ4n) is 8.56. The number of fused-ring (bicyclic) bond motifs is 1. The number of benzene rings is 1.